The smallest absolute Gasteiger partial charge is 0.198 e. The minimum atomic E-state index is 0.449. The predicted molar refractivity (Wildman–Crippen MR) is 92.3 cm³/mol. The summed E-state index contributed by atoms with van der Waals surface area (Å²) >= 11 is 0. The summed E-state index contributed by atoms with van der Waals surface area (Å²) in [6.07, 6.45) is 12.1. The zero-order valence-corrected chi connectivity index (χ0v) is 14.4. The van der Waals surface area contributed by atoms with E-state index >= 15 is 0 Å². The van der Waals surface area contributed by atoms with Gasteiger partial charge in [-0.25, -0.2) is 14.5 Å². The van der Waals surface area contributed by atoms with Crippen LogP contribution in [-0.4, -0.2) is 29.4 Å². The molecule has 0 unspecified atom stereocenters. The van der Waals surface area contributed by atoms with Crippen LogP contribution in [0.4, 0.5) is 11.5 Å². The molecule has 126 valence electrons. The molecular formula is C17H23N7. The van der Waals surface area contributed by atoms with Crippen LogP contribution in [0.3, 0.4) is 0 Å². The first kappa shape index (κ1) is 15.1. The SMILES string of the molecule is Cn1cc(Nc2nc(C3CCC(C)(C)CC3)cn3ncnc23)cn1. The van der Waals surface area contributed by atoms with Crippen LogP contribution in [0.2, 0.25) is 0 Å². The molecule has 1 saturated carbocycles. The van der Waals surface area contributed by atoms with Crippen LogP contribution >= 0.6 is 0 Å². The molecule has 3 aromatic heterocycles. The van der Waals surface area contributed by atoms with Gasteiger partial charge in [-0.05, 0) is 31.1 Å². The molecular weight excluding hydrogens is 302 g/mol. The molecule has 1 aliphatic carbocycles. The van der Waals surface area contributed by atoms with E-state index in [-0.39, 0.29) is 0 Å². The lowest BCUT2D eigenvalue weighted by atomic mass is 9.72. The van der Waals surface area contributed by atoms with E-state index < -0.39 is 0 Å². The van der Waals surface area contributed by atoms with E-state index in [1.54, 1.807) is 17.2 Å². The van der Waals surface area contributed by atoms with E-state index in [0.717, 1.165) is 22.8 Å². The summed E-state index contributed by atoms with van der Waals surface area (Å²) < 4.78 is 3.58. The van der Waals surface area contributed by atoms with Crippen LogP contribution in [0.15, 0.2) is 24.9 Å². The summed E-state index contributed by atoms with van der Waals surface area (Å²) in [5, 5.41) is 11.8. The summed E-state index contributed by atoms with van der Waals surface area (Å²) in [6.45, 7) is 4.71. The first-order chi connectivity index (χ1) is 11.5. The molecule has 3 aromatic rings. The lowest BCUT2D eigenvalue weighted by Crippen LogP contribution is -2.21. The van der Waals surface area contributed by atoms with Crippen LogP contribution in [0.25, 0.3) is 5.65 Å². The van der Waals surface area contributed by atoms with Gasteiger partial charge in [0.2, 0.25) is 0 Å². The van der Waals surface area contributed by atoms with E-state index in [0.29, 0.717) is 11.3 Å². The highest BCUT2D eigenvalue weighted by atomic mass is 15.3. The summed E-state index contributed by atoms with van der Waals surface area (Å²) in [7, 11) is 1.89. The number of hydrogen-bond donors (Lipinski definition) is 1. The van der Waals surface area contributed by atoms with Gasteiger partial charge in [-0.3, -0.25) is 4.68 Å². The summed E-state index contributed by atoms with van der Waals surface area (Å²) in [5.41, 5.74) is 3.18. The molecule has 1 aliphatic rings. The first-order valence-electron chi connectivity index (χ1n) is 8.46. The van der Waals surface area contributed by atoms with Crippen molar-refractivity contribution in [1.82, 2.24) is 29.4 Å². The third-order valence-electron chi connectivity index (χ3n) is 5.01. The van der Waals surface area contributed by atoms with Gasteiger partial charge in [-0.1, -0.05) is 13.8 Å². The average Bonchev–Trinajstić information content (AvgIpc) is 3.16. The van der Waals surface area contributed by atoms with Gasteiger partial charge >= 0.3 is 0 Å². The Labute approximate surface area is 141 Å². The predicted octanol–water partition coefficient (Wildman–Crippen LogP) is 3.29. The molecule has 0 atom stereocenters. The molecule has 0 amide bonds. The molecule has 1 fully saturated rings. The molecule has 1 N–H and O–H groups in total. The molecule has 3 heterocycles. The number of nitrogens with one attached hydrogen (secondary N) is 1. The van der Waals surface area contributed by atoms with E-state index in [4.69, 9.17) is 4.98 Å². The Kier molecular flexibility index (Phi) is 3.51. The van der Waals surface area contributed by atoms with Crippen molar-refractivity contribution < 1.29 is 0 Å². The Morgan fingerprint density at radius 1 is 1.17 bits per heavy atom. The fourth-order valence-electron chi connectivity index (χ4n) is 3.45. The molecule has 4 rings (SSSR count). The highest BCUT2D eigenvalue weighted by molar-refractivity contribution is 5.68. The van der Waals surface area contributed by atoms with Crippen molar-refractivity contribution in [3.05, 3.63) is 30.6 Å². The Morgan fingerprint density at radius 3 is 2.67 bits per heavy atom. The highest BCUT2D eigenvalue weighted by Crippen LogP contribution is 2.42. The van der Waals surface area contributed by atoms with Crippen LogP contribution < -0.4 is 5.32 Å². The molecule has 7 nitrogen and oxygen atoms in total. The van der Waals surface area contributed by atoms with Crippen molar-refractivity contribution in [2.75, 3.05) is 5.32 Å². The van der Waals surface area contributed by atoms with Crippen LogP contribution in [-0.2, 0) is 7.05 Å². The summed E-state index contributed by atoms with van der Waals surface area (Å²) in [4.78, 5) is 9.21. The van der Waals surface area contributed by atoms with Crippen molar-refractivity contribution in [2.45, 2.75) is 45.4 Å². The summed E-state index contributed by atoms with van der Waals surface area (Å²) in [5.74, 6) is 1.23. The molecule has 0 bridgehead atoms. The van der Waals surface area contributed by atoms with E-state index in [1.807, 2.05) is 24.0 Å². The first-order valence-corrected chi connectivity index (χ1v) is 8.46. The number of anilines is 2. The van der Waals surface area contributed by atoms with Gasteiger partial charge in [0.25, 0.3) is 0 Å². The van der Waals surface area contributed by atoms with Crippen LogP contribution in [0.5, 0.6) is 0 Å². The monoisotopic (exact) mass is 325 g/mol. The minimum absolute atomic E-state index is 0.449. The van der Waals surface area contributed by atoms with Gasteiger partial charge in [0.1, 0.15) is 6.33 Å². The third kappa shape index (κ3) is 2.86. The second-order valence-electron chi connectivity index (χ2n) is 7.51. The quantitative estimate of drug-likeness (QED) is 0.800. The second-order valence-corrected chi connectivity index (χ2v) is 7.51. The van der Waals surface area contributed by atoms with Gasteiger partial charge < -0.3 is 5.32 Å². The number of rotatable bonds is 3. The lowest BCUT2D eigenvalue weighted by molar-refractivity contribution is 0.222. The normalized spacial score (nSPS) is 18.1. The van der Waals surface area contributed by atoms with Gasteiger partial charge in [-0.15, -0.1) is 0 Å². The Balaban J connectivity index is 1.67. The molecule has 24 heavy (non-hydrogen) atoms. The van der Waals surface area contributed by atoms with Gasteiger partial charge in [0, 0.05) is 19.2 Å². The van der Waals surface area contributed by atoms with Crippen molar-refractivity contribution in [2.24, 2.45) is 12.5 Å². The van der Waals surface area contributed by atoms with Gasteiger partial charge in [0.15, 0.2) is 11.5 Å². The molecule has 0 aliphatic heterocycles. The molecule has 0 radical (unpaired) electrons. The Hall–Kier alpha value is -2.44. The highest BCUT2D eigenvalue weighted by Gasteiger charge is 2.29. The molecule has 0 aromatic carbocycles. The van der Waals surface area contributed by atoms with Crippen molar-refractivity contribution in [3.63, 3.8) is 0 Å². The largest absolute Gasteiger partial charge is 0.334 e. The van der Waals surface area contributed by atoms with Crippen molar-refractivity contribution >= 4 is 17.2 Å². The van der Waals surface area contributed by atoms with Crippen LogP contribution in [0, 0.1) is 5.41 Å². The third-order valence-corrected chi connectivity index (χ3v) is 5.01. The Bertz CT molecular complexity index is 851. The van der Waals surface area contributed by atoms with E-state index in [9.17, 15) is 0 Å². The number of nitrogens with zero attached hydrogens (tertiary/aromatic N) is 6. The topological polar surface area (TPSA) is 72.9 Å². The van der Waals surface area contributed by atoms with E-state index in [1.165, 1.54) is 25.7 Å². The van der Waals surface area contributed by atoms with E-state index in [2.05, 4.69) is 34.3 Å². The summed E-state index contributed by atoms with van der Waals surface area (Å²) in [6, 6.07) is 0. The van der Waals surface area contributed by atoms with Crippen LogP contribution in [0.1, 0.15) is 51.1 Å². The minimum Gasteiger partial charge on any atom is -0.334 e. The zero-order valence-electron chi connectivity index (χ0n) is 14.4. The van der Waals surface area contributed by atoms with Gasteiger partial charge in [-0.2, -0.15) is 10.2 Å². The van der Waals surface area contributed by atoms with Crippen molar-refractivity contribution in [1.29, 1.82) is 0 Å². The molecule has 0 saturated heterocycles. The lowest BCUT2D eigenvalue weighted by Gasteiger charge is -2.34. The molecule has 7 heteroatoms. The second kappa shape index (κ2) is 5.58. The van der Waals surface area contributed by atoms with Gasteiger partial charge in [0.05, 0.1) is 23.8 Å². The van der Waals surface area contributed by atoms with Crippen molar-refractivity contribution in [3.8, 4) is 0 Å². The maximum Gasteiger partial charge on any atom is 0.198 e. The maximum absolute atomic E-state index is 4.88. The standard InChI is InChI=1S/C17H23N7/c1-17(2)6-4-12(5-7-17)14-10-24-16(18-11-20-24)15(22-14)21-13-8-19-23(3)9-13/h8-12H,4-7H2,1-3H3,(H,21,22). The average molecular weight is 325 g/mol. The fourth-order valence-corrected chi connectivity index (χ4v) is 3.45. The number of aromatic nitrogens is 6. The molecule has 0 spiro atoms. The zero-order chi connectivity index (χ0) is 16.7. The number of aryl methyl sites for hydroxylation is 1. The Morgan fingerprint density at radius 2 is 1.96 bits per heavy atom. The number of fused-ring (bicyclic) bond motifs is 1. The number of hydrogen-bond acceptors (Lipinski definition) is 5. The fraction of sp³-hybridized carbons (Fsp3) is 0.529. The maximum atomic E-state index is 4.88.